The fourth-order valence-electron chi connectivity index (χ4n) is 0.733. The minimum Gasteiger partial charge on any atom is -0.317 e. The molecule has 0 unspecified atom stereocenters. The highest BCUT2D eigenvalue weighted by Gasteiger charge is 1.99. The first-order valence-electron chi connectivity index (χ1n) is 4.66. The number of carbonyl (C=O) groups excluding carboxylic acids is 1. The van der Waals surface area contributed by atoms with E-state index in [-0.39, 0.29) is 5.17 Å². The van der Waals surface area contributed by atoms with E-state index in [4.69, 9.17) is 11.6 Å². The molecule has 1 aromatic rings. The topological polar surface area (TPSA) is 38.7 Å². The monoisotopic (exact) mass is 227 g/mol. The fraction of sp³-hybridized carbons (Fsp3) is 0.273. The van der Waals surface area contributed by atoms with Crippen LogP contribution in [0.4, 0.5) is 0 Å². The number of oxime groups is 1. The van der Waals surface area contributed by atoms with E-state index in [1.807, 2.05) is 32.0 Å². The highest BCUT2D eigenvalue weighted by molar-refractivity contribution is 6.69. The molecule has 0 aliphatic rings. The van der Waals surface area contributed by atoms with E-state index in [9.17, 15) is 4.79 Å². The van der Waals surface area contributed by atoms with Gasteiger partial charge in [-0.3, -0.25) is 0 Å². The van der Waals surface area contributed by atoms with Crippen LogP contribution >= 0.6 is 11.6 Å². The van der Waals surface area contributed by atoms with Crippen LogP contribution in [-0.4, -0.2) is 11.1 Å². The van der Waals surface area contributed by atoms with Crippen molar-refractivity contribution >= 4 is 22.7 Å². The molecule has 4 heteroatoms. The first kappa shape index (κ1) is 13.7. The first-order chi connectivity index (χ1) is 7.20. The van der Waals surface area contributed by atoms with Crippen LogP contribution < -0.4 is 0 Å². The molecule has 15 heavy (non-hydrogen) atoms. The molecule has 0 atom stereocenters. The number of halogens is 1. The summed E-state index contributed by atoms with van der Waals surface area (Å²) in [5.74, 6) is -0.492. The molecule has 0 saturated carbocycles. The molecule has 0 radical (unpaired) electrons. The standard InChI is InChI=1S/C9H8ClNO2.C2H6/c1-7(12)13-11-9(10)8-5-3-2-4-6-8;1-2/h2-6H,1H3;1-2H3. The van der Waals surface area contributed by atoms with E-state index in [2.05, 4.69) is 9.99 Å². The number of hydrogen-bond acceptors (Lipinski definition) is 3. The molecule has 0 aliphatic carbocycles. The van der Waals surface area contributed by atoms with E-state index < -0.39 is 5.97 Å². The third kappa shape index (κ3) is 5.86. The largest absolute Gasteiger partial charge is 0.332 e. The van der Waals surface area contributed by atoms with Crippen molar-refractivity contribution in [2.45, 2.75) is 20.8 Å². The quantitative estimate of drug-likeness (QED) is 0.442. The third-order valence-electron chi connectivity index (χ3n) is 1.27. The Balaban J connectivity index is 0.000000921. The summed E-state index contributed by atoms with van der Waals surface area (Å²) in [4.78, 5) is 14.8. The third-order valence-corrected chi connectivity index (χ3v) is 1.55. The minimum absolute atomic E-state index is 0.163. The van der Waals surface area contributed by atoms with Crippen molar-refractivity contribution in [2.75, 3.05) is 0 Å². The van der Waals surface area contributed by atoms with Crippen LogP contribution in [0.3, 0.4) is 0 Å². The molecule has 1 aromatic carbocycles. The van der Waals surface area contributed by atoms with Crippen LogP contribution in [0.1, 0.15) is 26.3 Å². The van der Waals surface area contributed by atoms with Gasteiger partial charge in [-0.1, -0.05) is 60.9 Å². The van der Waals surface area contributed by atoms with E-state index in [0.717, 1.165) is 0 Å². The number of benzene rings is 1. The van der Waals surface area contributed by atoms with Gasteiger partial charge in [-0.25, -0.2) is 4.79 Å². The number of carbonyl (C=O) groups is 1. The molecular formula is C11H14ClNO2. The summed E-state index contributed by atoms with van der Waals surface area (Å²) in [7, 11) is 0. The maximum absolute atomic E-state index is 10.4. The Bertz CT molecular complexity index is 323. The number of hydrogen-bond donors (Lipinski definition) is 0. The maximum atomic E-state index is 10.4. The summed E-state index contributed by atoms with van der Waals surface area (Å²) in [5, 5.41) is 3.59. The molecule has 1 rings (SSSR count). The average molecular weight is 228 g/mol. The Morgan fingerprint density at radius 2 is 1.80 bits per heavy atom. The Morgan fingerprint density at radius 1 is 1.27 bits per heavy atom. The Kier molecular flexibility index (Phi) is 7.28. The number of nitrogens with zero attached hydrogens (tertiary/aromatic N) is 1. The fourth-order valence-corrected chi connectivity index (χ4v) is 0.893. The maximum Gasteiger partial charge on any atom is 0.332 e. The highest BCUT2D eigenvalue weighted by Crippen LogP contribution is 2.04. The number of rotatable bonds is 2. The van der Waals surface area contributed by atoms with Crippen molar-refractivity contribution in [3.8, 4) is 0 Å². The molecular weight excluding hydrogens is 214 g/mol. The summed E-state index contributed by atoms with van der Waals surface area (Å²) < 4.78 is 0. The van der Waals surface area contributed by atoms with Crippen LogP contribution in [0.5, 0.6) is 0 Å². The van der Waals surface area contributed by atoms with Gasteiger partial charge < -0.3 is 4.84 Å². The molecule has 0 bridgehead atoms. The van der Waals surface area contributed by atoms with Crippen molar-refractivity contribution in [2.24, 2.45) is 5.16 Å². The summed E-state index contributed by atoms with van der Waals surface area (Å²) in [6.07, 6.45) is 0. The van der Waals surface area contributed by atoms with Crippen LogP contribution in [0.25, 0.3) is 0 Å². The Morgan fingerprint density at radius 3 is 2.27 bits per heavy atom. The normalized spacial score (nSPS) is 10.0. The molecule has 0 fully saturated rings. The predicted molar refractivity (Wildman–Crippen MR) is 61.9 cm³/mol. The first-order valence-corrected chi connectivity index (χ1v) is 5.04. The van der Waals surface area contributed by atoms with Gasteiger partial charge in [0.15, 0.2) is 5.17 Å². The lowest BCUT2D eigenvalue weighted by molar-refractivity contribution is -0.140. The molecule has 82 valence electrons. The molecule has 0 saturated heterocycles. The summed E-state index contributed by atoms with van der Waals surface area (Å²) in [5.41, 5.74) is 0.713. The van der Waals surface area contributed by atoms with Gasteiger partial charge in [0.05, 0.1) is 0 Å². The van der Waals surface area contributed by atoms with Crippen LogP contribution in [0.2, 0.25) is 0 Å². The van der Waals surface area contributed by atoms with Crippen LogP contribution in [-0.2, 0) is 9.63 Å². The van der Waals surface area contributed by atoms with E-state index in [0.29, 0.717) is 5.56 Å². The average Bonchev–Trinajstić information content (AvgIpc) is 2.30. The second-order valence-corrected chi connectivity index (χ2v) is 2.69. The zero-order valence-electron chi connectivity index (χ0n) is 9.03. The second-order valence-electron chi connectivity index (χ2n) is 2.33. The van der Waals surface area contributed by atoms with E-state index in [1.165, 1.54) is 6.92 Å². The second kappa shape index (κ2) is 8.00. The molecule has 0 aliphatic heterocycles. The van der Waals surface area contributed by atoms with Crippen LogP contribution in [0, 0.1) is 0 Å². The van der Waals surface area contributed by atoms with Gasteiger partial charge in [0.1, 0.15) is 0 Å². The van der Waals surface area contributed by atoms with Crippen molar-refractivity contribution in [1.29, 1.82) is 0 Å². The van der Waals surface area contributed by atoms with Gasteiger partial charge in [-0.15, -0.1) is 0 Å². The molecule has 0 N–H and O–H groups in total. The molecule has 0 spiro atoms. The van der Waals surface area contributed by atoms with E-state index >= 15 is 0 Å². The summed E-state index contributed by atoms with van der Waals surface area (Å²) in [6.45, 7) is 5.26. The van der Waals surface area contributed by atoms with Crippen molar-refractivity contribution in [1.82, 2.24) is 0 Å². The lowest BCUT2D eigenvalue weighted by Gasteiger charge is -1.95. The van der Waals surface area contributed by atoms with Crippen molar-refractivity contribution < 1.29 is 9.63 Å². The SMILES string of the molecule is CC.CC(=O)ON=C(Cl)c1ccccc1. The van der Waals surface area contributed by atoms with Gasteiger partial charge in [0.25, 0.3) is 0 Å². The molecule has 0 amide bonds. The lowest BCUT2D eigenvalue weighted by atomic mass is 10.2. The van der Waals surface area contributed by atoms with Gasteiger partial charge in [0.2, 0.25) is 0 Å². The molecule has 0 aromatic heterocycles. The smallest absolute Gasteiger partial charge is 0.317 e. The van der Waals surface area contributed by atoms with Gasteiger partial charge in [0, 0.05) is 12.5 Å². The Labute approximate surface area is 94.7 Å². The van der Waals surface area contributed by atoms with Gasteiger partial charge in [-0.2, -0.15) is 0 Å². The van der Waals surface area contributed by atoms with Crippen molar-refractivity contribution in [3.63, 3.8) is 0 Å². The zero-order chi connectivity index (χ0) is 11.7. The van der Waals surface area contributed by atoms with Gasteiger partial charge >= 0.3 is 5.97 Å². The molecule has 0 heterocycles. The Hall–Kier alpha value is -1.35. The summed E-state index contributed by atoms with van der Waals surface area (Å²) >= 11 is 5.72. The van der Waals surface area contributed by atoms with Crippen LogP contribution in [0.15, 0.2) is 35.5 Å². The summed E-state index contributed by atoms with van der Waals surface area (Å²) in [6, 6.07) is 9.05. The molecule has 3 nitrogen and oxygen atoms in total. The highest BCUT2D eigenvalue weighted by atomic mass is 35.5. The predicted octanol–water partition coefficient (Wildman–Crippen LogP) is 3.18. The van der Waals surface area contributed by atoms with E-state index in [1.54, 1.807) is 12.1 Å². The van der Waals surface area contributed by atoms with Gasteiger partial charge in [-0.05, 0) is 0 Å². The zero-order valence-corrected chi connectivity index (χ0v) is 9.78. The minimum atomic E-state index is -0.492. The van der Waals surface area contributed by atoms with Crippen molar-refractivity contribution in [3.05, 3.63) is 35.9 Å². The lowest BCUT2D eigenvalue weighted by Crippen LogP contribution is -1.96.